The second-order valence-corrected chi connectivity index (χ2v) is 8.03. The fraction of sp³-hybridized carbons (Fsp3) is 0.889. The fourth-order valence-corrected chi connectivity index (χ4v) is 2.99. The molecular formula is C18H34N2O4. The summed E-state index contributed by atoms with van der Waals surface area (Å²) < 4.78 is 10.4. The van der Waals surface area contributed by atoms with Crippen LogP contribution in [0, 0.1) is 11.8 Å². The third kappa shape index (κ3) is 6.30. The number of nitrogens with zero attached hydrogens (tertiary/aromatic N) is 1. The smallest absolute Gasteiger partial charge is 0.410 e. The number of esters is 1. The van der Waals surface area contributed by atoms with Crippen LogP contribution in [0.4, 0.5) is 4.79 Å². The van der Waals surface area contributed by atoms with E-state index < -0.39 is 5.60 Å². The summed E-state index contributed by atoms with van der Waals surface area (Å²) in [6.07, 6.45) is 1.72. The van der Waals surface area contributed by atoms with Crippen molar-refractivity contribution in [3.05, 3.63) is 0 Å². The summed E-state index contributed by atoms with van der Waals surface area (Å²) in [5.41, 5.74) is -0.485. The molecule has 0 aromatic heterocycles. The van der Waals surface area contributed by atoms with Crippen molar-refractivity contribution in [1.29, 1.82) is 0 Å². The predicted molar refractivity (Wildman–Crippen MR) is 93.8 cm³/mol. The minimum absolute atomic E-state index is 0.113. The number of carbonyl (C=O) groups is 2. The van der Waals surface area contributed by atoms with Gasteiger partial charge in [0.05, 0.1) is 7.11 Å². The Labute approximate surface area is 146 Å². The van der Waals surface area contributed by atoms with Gasteiger partial charge in [-0.25, -0.2) is 4.79 Å². The van der Waals surface area contributed by atoms with Gasteiger partial charge in [-0.1, -0.05) is 13.8 Å². The summed E-state index contributed by atoms with van der Waals surface area (Å²) in [7, 11) is 1.41. The van der Waals surface area contributed by atoms with E-state index >= 15 is 0 Å². The van der Waals surface area contributed by atoms with E-state index in [2.05, 4.69) is 12.2 Å². The van der Waals surface area contributed by atoms with Gasteiger partial charge < -0.3 is 19.7 Å². The maximum atomic E-state index is 12.3. The van der Waals surface area contributed by atoms with Crippen LogP contribution in [-0.2, 0) is 14.3 Å². The first kappa shape index (κ1) is 20.7. The van der Waals surface area contributed by atoms with Crippen molar-refractivity contribution in [1.82, 2.24) is 10.2 Å². The van der Waals surface area contributed by atoms with Crippen LogP contribution in [0.5, 0.6) is 0 Å². The number of rotatable bonds is 5. The van der Waals surface area contributed by atoms with E-state index in [9.17, 15) is 9.59 Å². The fourth-order valence-electron chi connectivity index (χ4n) is 2.99. The van der Waals surface area contributed by atoms with Gasteiger partial charge in [-0.3, -0.25) is 4.79 Å². The number of piperidine rings is 1. The van der Waals surface area contributed by atoms with Crippen molar-refractivity contribution in [2.75, 3.05) is 20.2 Å². The van der Waals surface area contributed by atoms with Crippen LogP contribution in [0.3, 0.4) is 0 Å². The standard InChI is InChI=1S/C18H34N2O4/c1-12(2)15(16(21)23-7)19-13(3)14-9-8-10-20(11-14)17(22)24-18(4,5)6/h12-15,19H,8-11H2,1-7H3. The Morgan fingerprint density at radius 2 is 1.83 bits per heavy atom. The molecule has 140 valence electrons. The van der Waals surface area contributed by atoms with Crippen molar-refractivity contribution in [3.8, 4) is 0 Å². The molecule has 0 radical (unpaired) electrons. The van der Waals surface area contributed by atoms with Gasteiger partial charge >= 0.3 is 12.1 Å². The highest BCUT2D eigenvalue weighted by Gasteiger charge is 2.32. The van der Waals surface area contributed by atoms with E-state index in [0.29, 0.717) is 6.54 Å². The summed E-state index contributed by atoms with van der Waals surface area (Å²) in [4.78, 5) is 26.0. The Balaban J connectivity index is 2.65. The van der Waals surface area contributed by atoms with Gasteiger partial charge in [0, 0.05) is 19.1 Å². The molecule has 3 unspecified atom stereocenters. The van der Waals surface area contributed by atoms with Crippen molar-refractivity contribution < 1.29 is 19.1 Å². The summed E-state index contributed by atoms with van der Waals surface area (Å²) in [6.45, 7) is 13.1. The normalized spacial score (nSPS) is 21.3. The molecule has 24 heavy (non-hydrogen) atoms. The van der Waals surface area contributed by atoms with Gasteiger partial charge in [0.15, 0.2) is 0 Å². The van der Waals surface area contributed by atoms with Crippen molar-refractivity contribution in [3.63, 3.8) is 0 Å². The average Bonchev–Trinajstić information content (AvgIpc) is 2.49. The molecule has 0 aromatic rings. The molecular weight excluding hydrogens is 308 g/mol. The Kier molecular flexibility index (Phi) is 7.52. The molecule has 1 N–H and O–H groups in total. The average molecular weight is 342 g/mol. The first-order valence-electron chi connectivity index (χ1n) is 8.87. The first-order valence-corrected chi connectivity index (χ1v) is 8.87. The summed E-state index contributed by atoms with van der Waals surface area (Å²) in [5.74, 6) is 0.194. The topological polar surface area (TPSA) is 67.9 Å². The molecule has 1 amide bonds. The Bertz CT molecular complexity index is 431. The van der Waals surface area contributed by atoms with Crippen molar-refractivity contribution in [2.45, 2.75) is 72.1 Å². The highest BCUT2D eigenvalue weighted by atomic mass is 16.6. The van der Waals surface area contributed by atoms with Crippen LogP contribution in [0.15, 0.2) is 0 Å². The molecule has 1 aliphatic rings. The zero-order valence-electron chi connectivity index (χ0n) is 16.2. The molecule has 1 rings (SSSR count). The van der Waals surface area contributed by atoms with Crippen LogP contribution in [-0.4, -0.2) is 54.8 Å². The number of hydrogen-bond acceptors (Lipinski definition) is 5. The van der Waals surface area contributed by atoms with Crippen LogP contribution >= 0.6 is 0 Å². The quantitative estimate of drug-likeness (QED) is 0.778. The van der Waals surface area contributed by atoms with Gasteiger partial charge in [0.25, 0.3) is 0 Å². The van der Waals surface area contributed by atoms with E-state index in [4.69, 9.17) is 9.47 Å². The lowest BCUT2D eigenvalue weighted by molar-refractivity contribution is -0.144. The molecule has 6 heteroatoms. The number of methoxy groups -OCH3 is 1. The van der Waals surface area contributed by atoms with E-state index in [-0.39, 0.29) is 36.0 Å². The Hall–Kier alpha value is -1.30. The predicted octanol–water partition coefficient (Wildman–Crippen LogP) is 2.81. The van der Waals surface area contributed by atoms with Gasteiger partial charge in [-0.2, -0.15) is 0 Å². The maximum absolute atomic E-state index is 12.3. The lowest BCUT2D eigenvalue weighted by Gasteiger charge is -2.38. The summed E-state index contributed by atoms with van der Waals surface area (Å²) in [6, 6.07) is -0.219. The number of hydrogen-bond donors (Lipinski definition) is 1. The molecule has 0 aliphatic carbocycles. The Morgan fingerprint density at radius 1 is 1.21 bits per heavy atom. The van der Waals surface area contributed by atoms with Gasteiger partial charge in [-0.05, 0) is 52.4 Å². The number of nitrogens with one attached hydrogen (secondary N) is 1. The monoisotopic (exact) mass is 342 g/mol. The number of likely N-dealkylation sites (tertiary alicyclic amines) is 1. The second-order valence-electron chi connectivity index (χ2n) is 8.03. The van der Waals surface area contributed by atoms with Crippen LogP contribution < -0.4 is 5.32 Å². The van der Waals surface area contributed by atoms with Gasteiger partial charge in [0.1, 0.15) is 11.6 Å². The van der Waals surface area contributed by atoms with Gasteiger partial charge in [0.2, 0.25) is 0 Å². The lowest BCUT2D eigenvalue weighted by atomic mass is 9.90. The van der Waals surface area contributed by atoms with E-state index in [1.807, 2.05) is 34.6 Å². The third-order valence-corrected chi connectivity index (χ3v) is 4.38. The highest BCUT2D eigenvalue weighted by molar-refractivity contribution is 5.76. The first-order chi connectivity index (χ1) is 11.0. The summed E-state index contributed by atoms with van der Waals surface area (Å²) in [5, 5.41) is 3.39. The molecule has 6 nitrogen and oxygen atoms in total. The number of ether oxygens (including phenoxy) is 2. The van der Waals surface area contributed by atoms with E-state index in [1.165, 1.54) is 7.11 Å². The molecule has 0 aromatic carbocycles. The van der Waals surface area contributed by atoms with Crippen molar-refractivity contribution in [2.24, 2.45) is 11.8 Å². The van der Waals surface area contributed by atoms with Crippen LogP contribution in [0.2, 0.25) is 0 Å². The molecule has 1 aliphatic heterocycles. The molecule has 1 fully saturated rings. The lowest BCUT2D eigenvalue weighted by Crippen LogP contribution is -2.52. The molecule has 0 saturated carbocycles. The maximum Gasteiger partial charge on any atom is 0.410 e. The second kappa shape index (κ2) is 8.70. The molecule has 0 bridgehead atoms. The van der Waals surface area contributed by atoms with Crippen molar-refractivity contribution >= 4 is 12.1 Å². The van der Waals surface area contributed by atoms with E-state index in [1.54, 1.807) is 4.90 Å². The minimum Gasteiger partial charge on any atom is -0.468 e. The number of carbonyl (C=O) groups excluding carboxylic acids is 2. The zero-order chi connectivity index (χ0) is 18.5. The zero-order valence-corrected chi connectivity index (χ0v) is 16.2. The largest absolute Gasteiger partial charge is 0.468 e. The minimum atomic E-state index is -0.485. The third-order valence-electron chi connectivity index (χ3n) is 4.38. The summed E-state index contributed by atoms with van der Waals surface area (Å²) >= 11 is 0. The molecule has 1 heterocycles. The van der Waals surface area contributed by atoms with Crippen LogP contribution in [0.25, 0.3) is 0 Å². The van der Waals surface area contributed by atoms with Crippen LogP contribution in [0.1, 0.15) is 54.4 Å². The molecule has 1 saturated heterocycles. The highest BCUT2D eigenvalue weighted by Crippen LogP contribution is 2.22. The molecule has 3 atom stereocenters. The van der Waals surface area contributed by atoms with E-state index in [0.717, 1.165) is 19.4 Å². The SMILES string of the molecule is COC(=O)C(NC(C)C1CCCN(C(=O)OC(C)(C)C)C1)C(C)C. The number of amides is 1. The Morgan fingerprint density at radius 3 is 2.33 bits per heavy atom. The molecule has 0 spiro atoms. The van der Waals surface area contributed by atoms with Gasteiger partial charge in [-0.15, -0.1) is 0 Å².